The highest BCUT2D eigenvalue weighted by molar-refractivity contribution is 5.95. The first-order valence-electron chi connectivity index (χ1n) is 8.81. The van der Waals surface area contributed by atoms with E-state index in [4.69, 9.17) is 14.2 Å². The van der Waals surface area contributed by atoms with Gasteiger partial charge in [0.15, 0.2) is 17.3 Å². The minimum absolute atomic E-state index is 0.206. The lowest BCUT2D eigenvalue weighted by atomic mass is 10.1. The standard InChI is InChI=1S/C19H19N5O4/c1-3-14-13(10-21-24(14)17-6-7-18(26-2)23-22-17)19(25)20-9-12-4-5-15-16(8-12)28-11-27-15/h4-8,10H,3,9,11H2,1-2H3,(H,20,25). The van der Waals surface area contributed by atoms with Gasteiger partial charge in [0.2, 0.25) is 12.7 Å². The van der Waals surface area contributed by atoms with E-state index in [9.17, 15) is 4.79 Å². The maximum absolute atomic E-state index is 12.7. The van der Waals surface area contributed by atoms with Crippen LogP contribution in [0.15, 0.2) is 36.5 Å². The number of carbonyl (C=O) groups is 1. The second-order valence-corrected chi connectivity index (χ2v) is 6.07. The molecule has 1 amide bonds. The lowest BCUT2D eigenvalue weighted by Gasteiger charge is -2.08. The number of nitrogens with one attached hydrogen (secondary N) is 1. The van der Waals surface area contributed by atoms with Crippen molar-refractivity contribution in [2.75, 3.05) is 13.9 Å². The van der Waals surface area contributed by atoms with Gasteiger partial charge in [-0.2, -0.15) is 5.10 Å². The third-order valence-corrected chi connectivity index (χ3v) is 4.39. The summed E-state index contributed by atoms with van der Waals surface area (Å²) in [6.07, 6.45) is 2.15. The van der Waals surface area contributed by atoms with Gasteiger partial charge in [0, 0.05) is 12.6 Å². The number of methoxy groups -OCH3 is 1. The smallest absolute Gasteiger partial charge is 0.255 e. The molecule has 9 heteroatoms. The van der Waals surface area contributed by atoms with Gasteiger partial charge in [-0.1, -0.05) is 13.0 Å². The molecule has 1 aromatic carbocycles. The second-order valence-electron chi connectivity index (χ2n) is 6.07. The number of nitrogens with zero attached hydrogens (tertiary/aromatic N) is 4. The number of rotatable bonds is 6. The SMILES string of the molecule is CCc1c(C(=O)NCc2ccc3c(c2)OCO3)cnn1-c1ccc(OC)nn1. The molecule has 0 aliphatic carbocycles. The molecule has 1 N–H and O–H groups in total. The van der Waals surface area contributed by atoms with E-state index < -0.39 is 0 Å². The highest BCUT2D eigenvalue weighted by atomic mass is 16.7. The molecule has 2 aromatic heterocycles. The summed E-state index contributed by atoms with van der Waals surface area (Å²) in [5.41, 5.74) is 2.17. The zero-order valence-electron chi connectivity index (χ0n) is 15.5. The van der Waals surface area contributed by atoms with E-state index in [-0.39, 0.29) is 12.7 Å². The number of amides is 1. The van der Waals surface area contributed by atoms with Gasteiger partial charge in [0.1, 0.15) is 0 Å². The first-order valence-corrected chi connectivity index (χ1v) is 8.81. The van der Waals surface area contributed by atoms with E-state index in [0.717, 1.165) is 11.3 Å². The number of hydrogen-bond acceptors (Lipinski definition) is 7. The van der Waals surface area contributed by atoms with Crippen LogP contribution in [0.1, 0.15) is 28.5 Å². The zero-order chi connectivity index (χ0) is 19.5. The Morgan fingerprint density at radius 2 is 2.07 bits per heavy atom. The summed E-state index contributed by atoms with van der Waals surface area (Å²) in [4.78, 5) is 12.7. The number of fused-ring (bicyclic) bond motifs is 1. The van der Waals surface area contributed by atoms with E-state index in [1.54, 1.807) is 23.0 Å². The van der Waals surface area contributed by atoms with Crippen LogP contribution >= 0.6 is 0 Å². The highest BCUT2D eigenvalue weighted by Crippen LogP contribution is 2.32. The molecule has 0 radical (unpaired) electrons. The summed E-state index contributed by atoms with van der Waals surface area (Å²) in [5, 5.41) is 15.3. The molecular formula is C19H19N5O4. The lowest BCUT2D eigenvalue weighted by Crippen LogP contribution is -2.23. The Balaban J connectivity index is 1.50. The van der Waals surface area contributed by atoms with Crippen molar-refractivity contribution in [3.05, 3.63) is 53.3 Å². The third kappa shape index (κ3) is 3.34. The van der Waals surface area contributed by atoms with Crippen molar-refractivity contribution in [2.24, 2.45) is 0 Å². The van der Waals surface area contributed by atoms with Gasteiger partial charge < -0.3 is 19.5 Å². The minimum atomic E-state index is -0.206. The first kappa shape index (κ1) is 17.8. The van der Waals surface area contributed by atoms with E-state index in [0.29, 0.717) is 41.7 Å². The summed E-state index contributed by atoms with van der Waals surface area (Å²) < 4.78 is 17.3. The number of carbonyl (C=O) groups excluding carboxylic acids is 1. The molecule has 1 aliphatic rings. The van der Waals surface area contributed by atoms with Gasteiger partial charge >= 0.3 is 0 Å². The normalized spacial score (nSPS) is 12.1. The van der Waals surface area contributed by atoms with Crippen molar-refractivity contribution in [1.29, 1.82) is 0 Å². The van der Waals surface area contributed by atoms with Gasteiger partial charge in [-0.3, -0.25) is 4.79 Å². The summed E-state index contributed by atoms with van der Waals surface area (Å²) in [5.74, 6) is 2.13. The third-order valence-electron chi connectivity index (χ3n) is 4.39. The van der Waals surface area contributed by atoms with Crippen molar-refractivity contribution in [3.63, 3.8) is 0 Å². The monoisotopic (exact) mass is 381 g/mol. The van der Waals surface area contributed by atoms with Crippen molar-refractivity contribution < 1.29 is 19.0 Å². The van der Waals surface area contributed by atoms with Gasteiger partial charge in [-0.25, -0.2) is 4.68 Å². The topological polar surface area (TPSA) is 100 Å². The fourth-order valence-electron chi connectivity index (χ4n) is 2.96. The molecule has 1 aliphatic heterocycles. The molecule has 4 rings (SSSR count). The van der Waals surface area contributed by atoms with Crippen LogP contribution in [0, 0.1) is 0 Å². The maximum atomic E-state index is 12.7. The molecule has 0 saturated carbocycles. The summed E-state index contributed by atoms with van der Waals surface area (Å²) >= 11 is 0. The molecule has 3 heterocycles. The largest absolute Gasteiger partial charge is 0.480 e. The predicted octanol–water partition coefficient (Wildman–Crippen LogP) is 1.89. The van der Waals surface area contributed by atoms with Crippen LogP contribution < -0.4 is 19.5 Å². The fraction of sp³-hybridized carbons (Fsp3) is 0.263. The average Bonchev–Trinajstić information content (AvgIpc) is 3.38. The zero-order valence-corrected chi connectivity index (χ0v) is 15.5. The molecule has 0 spiro atoms. The van der Waals surface area contributed by atoms with Crippen LogP contribution in [0.4, 0.5) is 0 Å². The minimum Gasteiger partial charge on any atom is -0.480 e. The summed E-state index contributed by atoms with van der Waals surface area (Å²) in [7, 11) is 1.53. The molecule has 0 bridgehead atoms. The van der Waals surface area contributed by atoms with E-state index in [1.165, 1.54) is 7.11 Å². The summed E-state index contributed by atoms with van der Waals surface area (Å²) in [6, 6.07) is 9.03. The molecule has 144 valence electrons. The Kier molecular flexibility index (Phi) is 4.79. The van der Waals surface area contributed by atoms with Crippen molar-refractivity contribution >= 4 is 5.91 Å². The molecule has 0 unspecified atom stereocenters. The van der Waals surface area contributed by atoms with Crippen LogP contribution in [0.5, 0.6) is 17.4 Å². The Morgan fingerprint density at radius 1 is 1.21 bits per heavy atom. The molecule has 3 aromatic rings. The average molecular weight is 381 g/mol. The Labute approximate surface area is 161 Å². The quantitative estimate of drug-likeness (QED) is 0.696. The van der Waals surface area contributed by atoms with Gasteiger partial charge in [-0.15, -0.1) is 10.2 Å². The van der Waals surface area contributed by atoms with Crippen LogP contribution in [-0.2, 0) is 13.0 Å². The van der Waals surface area contributed by atoms with Crippen LogP contribution in [0.25, 0.3) is 5.82 Å². The molecule has 28 heavy (non-hydrogen) atoms. The molecule has 9 nitrogen and oxygen atoms in total. The van der Waals surface area contributed by atoms with E-state index in [1.807, 2.05) is 25.1 Å². The van der Waals surface area contributed by atoms with Crippen LogP contribution in [0.3, 0.4) is 0 Å². The maximum Gasteiger partial charge on any atom is 0.255 e. The van der Waals surface area contributed by atoms with E-state index >= 15 is 0 Å². The highest BCUT2D eigenvalue weighted by Gasteiger charge is 2.19. The molecule has 0 saturated heterocycles. The van der Waals surface area contributed by atoms with Gasteiger partial charge in [0.05, 0.1) is 24.6 Å². The predicted molar refractivity (Wildman–Crippen MR) is 98.8 cm³/mol. The Bertz CT molecular complexity index is 1000. The number of ether oxygens (including phenoxy) is 3. The molecular weight excluding hydrogens is 362 g/mol. The first-order chi connectivity index (χ1) is 13.7. The molecule has 0 fully saturated rings. The van der Waals surface area contributed by atoms with Gasteiger partial charge in [-0.05, 0) is 30.2 Å². The van der Waals surface area contributed by atoms with Crippen LogP contribution in [0.2, 0.25) is 0 Å². The fourth-order valence-corrected chi connectivity index (χ4v) is 2.96. The van der Waals surface area contributed by atoms with Gasteiger partial charge in [0.25, 0.3) is 5.91 Å². The number of benzene rings is 1. The molecule has 0 atom stereocenters. The lowest BCUT2D eigenvalue weighted by molar-refractivity contribution is 0.0950. The summed E-state index contributed by atoms with van der Waals surface area (Å²) in [6.45, 7) is 2.55. The van der Waals surface area contributed by atoms with Crippen molar-refractivity contribution in [1.82, 2.24) is 25.3 Å². The number of hydrogen-bond donors (Lipinski definition) is 1. The van der Waals surface area contributed by atoms with E-state index in [2.05, 4.69) is 20.6 Å². The Hall–Kier alpha value is -3.62. The number of aromatic nitrogens is 4. The van der Waals surface area contributed by atoms with Crippen LogP contribution in [-0.4, -0.2) is 39.8 Å². The second kappa shape index (κ2) is 7.55. The van der Waals surface area contributed by atoms with Crippen molar-refractivity contribution in [3.8, 4) is 23.2 Å². The Morgan fingerprint density at radius 3 is 2.82 bits per heavy atom. The van der Waals surface area contributed by atoms with Crippen molar-refractivity contribution in [2.45, 2.75) is 19.9 Å².